The number of nitrogens with zero attached hydrogens (tertiary/aromatic N) is 2. The van der Waals surface area contributed by atoms with Crippen LogP contribution in [-0.2, 0) is 14.8 Å². The van der Waals surface area contributed by atoms with Gasteiger partial charge < -0.3 is 4.90 Å². The van der Waals surface area contributed by atoms with Crippen LogP contribution in [0.4, 0.5) is 4.39 Å². The average molecular weight is 354 g/mol. The van der Waals surface area contributed by atoms with E-state index in [2.05, 4.69) is 0 Å². The molecule has 2 fully saturated rings. The van der Waals surface area contributed by atoms with Gasteiger partial charge in [-0.1, -0.05) is 0 Å². The molecule has 2 aliphatic rings. The first-order chi connectivity index (χ1) is 11.2. The van der Waals surface area contributed by atoms with Crippen LogP contribution in [0.5, 0.6) is 0 Å². The summed E-state index contributed by atoms with van der Waals surface area (Å²) in [6.45, 7) is 3.21. The number of rotatable bonds is 2. The molecule has 0 N–H and O–H groups in total. The molecule has 1 amide bonds. The second kappa shape index (κ2) is 6.11. The van der Waals surface area contributed by atoms with Crippen molar-refractivity contribution in [1.82, 2.24) is 9.21 Å². The maximum atomic E-state index is 13.2. The van der Waals surface area contributed by atoms with Crippen LogP contribution in [-0.4, -0.2) is 50.2 Å². The fraction of sp³-hybridized carbons (Fsp3) is 0.588. The maximum absolute atomic E-state index is 13.2. The van der Waals surface area contributed by atoms with Crippen molar-refractivity contribution in [2.24, 2.45) is 5.41 Å². The molecule has 1 aromatic carbocycles. The minimum Gasteiger partial charge on any atom is -0.345 e. The number of benzene rings is 1. The average Bonchev–Trinajstić information content (AvgIpc) is 2.51. The number of hydrogen-bond acceptors (Lipinski definition) is 3. The SMILES string of the molecule is Cc1cc(F)ccc1S(=O)(=O)N1CCC2(CCC(=O)N(C)C2)CC1. The lowest BCUT2D eigenvalue weighted by Crippen LogP contribution is -2.51. The van der Waals surface area contributed by atoms with E-state index in [1.807, 2.05) is 7.05 Å². The Morgan fingerprint density at radius 1 is 1.17 bits per heavy atom. The van der Waals surface area contributed by atoms with Gasteiger partial charge in [0.15, 0.2) is 0 Å². The van der Waals surface area contributed by atoms with E-state index in [1.54, 1.807) is 11.8 Å². The Morgan fingerprint density at radius 2 is 1.83 bits per heavy atom. The normalized spacial score (nSPS) is 22.1. The Bertz CT molecular complexity index is 755. The van der Waals surface area contributed by atoms with Crippen molar-refractivity contribution in [3.8, 4) is 0 Å². The summed E-state index contributed by atoms with van der Waals surface area (Å²) in [4.78, 5) is 13.6. The van der Waals surface area contributed by atoms with Crippen molar-refractivity contribution in [3.63, 3.8) is 0 Å². The fourth-order valence-electron chi connectivity index (χ4n) is 3.88. The lowest BCUT2D eigenvalue weighted by molar-refractivity contribution is -0.136. The first kappa shape index (κ1) is 17.4. The molecule has 0 atom stereocenters. The monoisotopic (exact) mass is 354 g/mol. The van der Waals surface area contributed by atoms with Gasteiger partial charge in [-0.25, -0.2) is 12.8 Å². The predicted octanol–water partition coefficient (Wildman–Crippen LogP) is 2.16. The molecule has 2 heterocycles. The molecule has 5 nitrogen and oxygen atoms in total. The van der Waals surface area contributed by atoms with Crippen molar-refractivity contribution in [2.45, 2.75) is 37.5 Å². The molecule has 0 radical (unpaired) electrons. The van der Waals surface area contributed by atoms with Gasteiger partial charge in [-0.3, -0.25) is 4.79 Å². The zero-order valence-corrected chi connectivity index (χ0v) is 14.9. The van der Waals surface area contributed by atoms with Crippen LogP contribution < -0.4 is 0 Å². The standard InChI is InChI=1S/C17H23FN2O3S/c1-13-11-14(18)3-4-15(13)24(22,23)20-9-7-17(8-10-20)6-5-16(21)19(2)12-17/h3-4,11H,5-10,12H2,1-2H3. The first-order valence-corrected chi connectivity index (χ1v) is 9.68. The van der Waals surface area contributed by atoms with Gasteiger partial charge >= 0.3 is 0 Å². The molecule has 1 spiro atoms. The van der Waals surface area contributed by atoms with Gasteiger partial charge in [-0.2, -0.15) is 4.31 Å². The third kappa shape index (κ3) is 3.07. The van der Waals surface area contributed by atoms with Crippen molar-refractivity contribution in [2.75, 3.05) is 26.7 Å². The van der Waals surface area contributed by atoms with E-state index in [4.69, 9.17) is 0 Å². The smallest absolute Gasteiger partial charge is 0.243 e. The summed E-state index contributed by atoms with van der Waals surface area (Å²) >= 11 is 0. The largest absolute Gasteiger partial charge is 0.345 e. The number of likely N-dealkylation sites (tertiary alicyclic amines) is 1. The summed E-state index contributed by atoms with van der Waals surface area (Å²) in [5.41, 5.74) is 0.463. The number of amides is 1. The van der Waals surface area contributed by atoms with Crippen LogP contribution in [0, 0.1) is 18.2 Å². The second-order valence-corrected chi connectivity index (χ2v) is 8.97. The summed E-state index contributed by atoms with van der Waals surface area (Å²) in [6.07, 6.45) is 2.88. The van der Waals surface area contributed by atoms with E-state index in [0.29, 0.717) is 31.6 Å². The molecule has 1 aromatic rings. The van der Waals surface area contributed by atoms with Gasteiger partial charge in [0, 0.05) is 33.1 Å². The van der Waals surface area contributed by atoms with Crippen LogP contribution in [0.2, 0.25) is 0 Å². The van der Waals surface area contributed by atoms with Crippen LogP contribution >= 0.6 is 0 Å². The Balaban J connectivity index is 1.75. The number of carbonyl (C=O) groups is 1. The van der Waals surface area contributed by atoms with Crippen LogP contribution in [0.1, 0.15) is 31.2 Å². The van der Waals surface area contributed by atoms with E-state index >= 15 is 0 Å². The number of halogens is 1. The Kier molecular flexibility index (Phi) is 4.42. The fourth-order valence-corrected chi connectivity index (χ4v) is 5.53. The number of sulfonamides is 1. The Labute approximate surface area is 142 Å². The molecule has 24 heavy (non-hydrogen) atoms. The summed E-state index contributed by atoms with van der Waals surface area (Å²) < 4.78 is 40.4. The molecule has 0 bridgehead atoms. The molecule has 7 heteroatoms. The molecule has 0 unspecified atom stereocenters. The summed E-state index contributed by atoms with van der Waals surface area (Å²) in [7, 11) is -1.79. The highest BCUT2D eigenvalue weighted by Gasteiger charge is 2.42. The van der Waals surface area contributed by atoms with Gasteiger partial charge in [-0.15, -0.1) is 0 Å². The quantitative estimate of drug-likeness (QED) is 0.818. The number of hydrogen-bond donors (Lipinski definition) is 0. The van der Waals surface area contributed by atoms with Gasteiger partial charge in [0.2, 0.25) is 15.9 Å². The maximum Gasteiger partial charge on any atom is 0.243 e. The highest BCUT2D eigenvalue weighted by Crippen LogP contribution is 2.41. The zero-order chi connectivity index (χ0) is 17.5. The highest BCUT2D eigenvalue weighted by atomic mass is 32.2. The van der Waals surface area contributed by atoms with E-state index in [1.165, 1.54) is 22.5 Å². The molecule has 0 saturated carbocycles. The summed E-state index contributed by atoms with van der Waals surface area (Å²) in [5.74, 6) is -0.267. The lowest BCUT2D eigenvalue weighted by atomic mass is 9.73. The third-order valence-electron chi connectivity index (χ3n) is 5.41. The van der Waals surface area contributed by atoms with Crippen molar-refractivity contribution >= 4 is 15.9 Å². The van der Waals surface area contributed by atoms with Crippen molar-refractivity contribution < 1.29 is 17.6 Å². The van der Waals surface area contributed by atoms with Crippen LogP contribution in [0.25, 0.3) is 0 Å². The number of aryl methyl sites for hydroxylation is 1. The molecular weight excluding hydrogens is 331 g/mol. The molecule has 2 aliphatic heterocycles. The second-order valence-electron chi connectivity index (χ2n) is 7.06. The van der Waals surface area contributed by atoms with Crippen molar-refractivity contribution in [3.05, 3.63) is 29.6 Å². The van der Waals surface area contributed by atoms with Gasteiger partial charge in [0.05, 0.1) is 4.90 Å². The Morgan fingerprint density at radius 3 is 2.42 bits per heavy atom. The molecular formula is C17H23FN2O3S. The summed E-state index contributed by atoms with van der Waals surface area (Å²) in [6, 6.07) is 3.78. The van der Waals surface area contributed by atoms with E-state index in [0.717, 1.165) is 19.3 Å². The van der Waals surface area contributed by atoms with Crippen molar-refractivity contribution in [1.29, 1.82) is 0 Å². The van der Waals surface area contributed by atoms with E-state index in [-0.39, 0.29) is 16.2 Å². The highest BCUT2D eigenvalue weighted by molar-refractivity contribution is 7.89. The van der Waals surface area contributed by atoms with Crippen LogP contribution in [0.15, 0.2) is 23.1 Å². The van der Waals surface area contributed by atoms with Crippen LogP contribution in [0.3, 0.4) is 0 Å². The van der Waals surface area contributed by atoms with E-state index in [9.17, 15) is 17.6 Å². The van der Waals surface area contributed by atoms with Gasteiger partial charge in [0.1, 0.15) is 5.82 Å². The summed E-state index contributed by atoms with van der Waals surface area (Å²) in [5, 5.41) is 0. The van der Waals surface area contributed by atoms with Gasteiger partial charge in [0.25, 0.3) is 0 Å². The van der Waals surface area contributed by atoms with E-state index < -0.39 is 15.8 Å². The molecule has 132 valence electrons. The predicted molar refractivity (Wildman–Crippen MR) is 88.4 cm³/mol. The third-order valence-corrected chi connectivity index (χ3v) is 7.46. The Hall–Kier alpha value is -1.47. The first-order valence-electron chi connectivity index (χ1n) is 8.24. The minimum absolute atomic E-state index is 0.0342. The molecule has 2 saturated heterocycles. The molecule has 0 aromatic heterocycles. The minimum atomic E-state index is -3.60. The zero-order valence-electron chi connectivity index (χ0n) is 14.1. The lowest BCUT2D eigenvalue weighted by Gasteiger charge is -2.46. The molecule has 3 rings (SSSR count). The number of carbonyl (C=O) groups excluding carboxylic acids is 1. The van der Waals surface area contributed by atoms with Gasteiger partial charge in [-0.05, 0) is 55.4 Å². The topological polar surface area (TPSA) is 57.7 Å². The number of piperidine rings is 2. The molecule has 0 aliphatic carbocycles.